The van der Waals surface area contributed by atoms with Crippen LogP contribution in [0.25, 0.3) is 11.1 Å². The van der Waals surface area contributed by atoms with E-state index in [1.165, 1.54) is 11.1 Å². The fourth-order valence-corrected chi connectivity index (χ4v) is 2.21. The van der Waals surface area contributed by atoms with Gasteiger partial charge < -0.3 is 15.5 Å². The smallest absolute Gasteiger partial charge is 0.0607 e. The van der Waals surface area contributed by atoms with E-state index in [4.69, 9.17) is 10.2 Å². The summed E-state index contributed by atoms with van der Waals surface area (Å²) in [5.41, 5.74) is 3.52. The maximum atomic E-state index is 9.09. The van der Waals surface area contributed by atoms with Gasteiger partial charge in [-0.25, -0.2) is 0 Å². The molecule has 0 amide bonds. The van der Waals surface area contributed by atoms with Crippen molar-refractivity contribution in [1.29, 1.82) is 0 Å². The Morgan fingerprint density at radius 3 is 1.95 bits per heavy atom. The average molecular weight is 271 g/mol. The average Bonchev–Trinajstić information content (AvgIpc) is 2.53. The second-order valence-electron chi connectivity index (χ2n) is 4.94. The van der Waals surface area contributed by atoms with Crippen molar-refractivity contribution in [3.8, 4) is 11.1 Å². The predicted octanol–water partition coefficient (Wildman–Crippen LogP) is 2.36. The molecule has 0 fully saturated rings. The summed E-state index contributed by atoms with van der Waals surface area (Å²) in [5.74, 6) is 0. The molecule has 3 heteroatoms. The summed E-state index contributed by atoms with van der Waals surface area (Å²) < 4.78 is 0. The van der Waals surface area contributed by atoms with Crippen molar-refractivity contribution in [2.75, 3.05) is 13.2 Å². The molecule has 2 rings (SSSR count). The number of nitrogens with one attached hydrogen (secondary N) is 1. The molecule has 0 aliphatic heterocycles. The first-order chi connectivity index (χ1) is 9.74. The van der Waals surface area contributed by atoms with E-state index in [0.717, 1.165) is 5.56 Å². The molecule has 3 nitrogen and oxygen atoms in total. The highest BCUT2D eigenvalue weighted by Gasteiger charge is 2.11. The Morgan fingerprint density at radius 1 is 0.850 bits per heavy atom. The molecular weight excluding hydrogens is 250 g/mol. The Kier molecular flexibility index (Phi) is 5.30. The normalized spacial score (nSPS) is 12.6. The van der Waals surface area contributed by atoms with E-state index in [-0.39, 0.29) is 25.3 Å². The summed E-state index contributed by atoms with van der Waals surface area (Å²) in [6.45, 7) is 1.89. The summed E-state index contributed by atoms with van der Waals surface area (Å²) in [6.07, 6.45) is 0. The lowest BCUT2D eigenvalue weighted by molar-refractivity contribution is 0.163. The highest BCUT2D eigenvalue weighted by atomic mass is 16.3. The zero-order valence-corrected chi connectivity index (χ0v) is 11.7. The van der Waals surface area contributed by atoms with Crippen LogP contribution in [0.2, 0.25) is 0 Å². The minimum Gasteiger partial charge on any atom is -0.395 e. The number of hydrogen-bond acceptors (Lipinski definition) is 3. The summed E-state index contributed by atoms with van der Waals surface area (Å²) in [7, 11) is 0. The lowest BCUT2D eigenvalue weighted by atomic mass is 10.0. The molecule has 20 heavy (non-hydrogen) atoms. The highest BCUT2D eigenvalue weighted by molar-refractivity contribution is 5.63. The number of aliphatic hydroxyl groups is 2. The molecule has 1 atom stereocenters. The predicted molar refractivity (Wildman–Crippen MR) is 81.4 cm³/mol. The van der Waals surface area contributed by atoms with Gasteiger partial charge in [0.05, 0.1) is 19.3 Å². The standard InChI is InChI=1S/C17H21NO2/c1-13(18-17(11-19)12-20)14-7-9-16(10-8-14)15-5-3-2-4-6-15/h2-10,13,17-20H,11-12H2,1H3/t13-/m0/s1. The van der Waals surface area contributed by atoms with Gasteiger partial charge in [0.15, 0.2) is 0 Å². The van der Waals surface area contributed by atoms with E-state index in [0.29, 0.717) is 0 Å². The SMILES string of the molecule is C[C@H](NC(CO)CO)c1ccc(-c2ccccc2)cc1. The summed E-state index contributed by atoms with van der Waals surface area (Å²) in [4.78, 5) is 0. The molecule has 2 aromatic carbocycles. The maximum Gasteiger partial charge on any atom is 0.0607 e. The van der Waals surface area contributed by atoms with Gasteiger partial charge in [-0.15, -0.1) is 0 Å². The Labute approximate surface area is 119 Å². The lowest BCUT2D eigenvalue weighted by Gasteiger charge is -2.20. The van der Waals surface area contributed by atoms with Crippen LogP contribution in [-0.4, -0.2) is 29.5 Å². The lowest BCUT2D eigenvalue weighted by Crippen LogP contribution is -2.37. The second kappa shape index (κ2) is 7.20. The first-order valence-corrected chi connectivity index (χ1v) is 6.87. The van der Waals surface area contributed by atoms with Crippen LogP contribution in [0.1, 0.15) is 18.5 Å². The Bertz CT molecular complexity index is 506. The quantitative estimate of drug-likeness (QED) is 0.756. The third kappa shape index (κ3) is 3.67. The van der Waals surface area contributed by atoms with Gasteiger partial charge in [0, 0.05) is 6.04 Å². The third-order valence-corrected chi connectivity index (χ3v) is 3.44. The number of aliphatic hydroxyl groups excluding tert-OH is 2. The highest BCUT2D eigenvalue weighted by Crippen LogP contribution is 2.21. The minimum atomic E-state index is -0.279. The van der Waals surface area contributed by atoms with E-state index >= 15 is 0 Å². The van der Waals surface area contributed by atoms with Crippen LogP contribution in [0.3, 0.4) is 0 Å². The Morgan fingerprint density at radius 2 is 1.40 bits per heavy atom. The molecule has 2 aromatic rings. The van der Waals surface area contributed by atoms with Gasteiger partial charge in [-0.2, -0.15) is 0 Å². The summed E-state index contributed by atoms with van der Waals surface area (Å²) in [5, 5.41) is 21.4. The Hall–Kier alpha value is -1.68. The van der Waals surface area contributed by atoms with Gasteiger partial charge >= 0.3 is 0 Å². The van der Waals surface area contributed by atoms with E-state index in [1.807, 2.05) is 25.1 Å². The van der Waals surface area contributed by atoms with Crippen LogP contribution in [0.4, 0.5) is 0 Å². The molecule has 0 aromatic heterocycles. The number of benzene rings is 2. The zero-order valence-electron chi connectivity index (χ0n) is 11.7. The van der Waals surface area contributed by atoms with Gasteiger partial charge in [-0.05, 0) is 23.6 Å². The molecule has 0 saturated heterocycles. The van der Waals surface area contributed by atoms with Gasteiger partial charge in [0.1, 0.15) is 0 Å². The van der Waals surface area contributed by atoms with Gasteiger partial charge in [-0.1, -0.05) is 54.6 Å². The summed E-state index contributed by atoms with van der Waals surface area (Å²) in [6, 6.07) is 18.4. The zero-order chi connectivity index (χ0) is 14.4. The third-order valence-electron chi connectivity index (χ3n) is 3.44. The van der Waals surface area contributed by atoms with E-state index in [2.05, 4.69) is 41.7 Å². The molecule has 0 saturated carbocycles. The minimum absolute atomic E-state index is 0.0665. The molecule has 0 bridgehead atoms. The molecule has 0 radical (unpaired) electrons. The van der Waals surface area contributed by atoms with Crippen molar-refractivity contribution in [2.45, 2.75) is 19.0 Å². The van der Waals surface area contributed by atoms with E-state index in [9.17, 15) is 0 Å². The van der Waals surface area contributed by atoms with Crippen LogP contribution >= 0.6 is 0 Å². The molecular formula is C17H21NO2. The van der Waals surface area contributed by atoms with Crippen LogP contribution in [-0.2, 0) is 0 Å². The van der Waals surface area contributed by atoms with E-state index < -0.39 is 0 Å². The van der Waals surface area contributed by atoms with Gasteiger partial charge in [-0.3, -0.25) is 0 Å². The van der Waals surface area contributed by atoms with Crippen molar-refractivity contribution < 1.29 is 10.2 Å². The van der Waals surface area contributed by atoms with Gasteiger partial charge in [0.2, 0.25) is 0 Å². The second-order valence-corrected chi connectivity index (χ2v) is 4.94. The first-order valence-electron chi connectivity index (χ1n) is 6.87. The topological polar surface area (TPSA) is 52.5 Å². The van der Waals surface area contributed by atoms with Crippen LogP contribution in [0, 0.1) is 0 Å². The fourth-order valence-electron chi connectivity index (χ4n) is 2.21. The van der Waals surface area contributed by atoms with Crippen molar-refractivity contribution >= 4 is 0 Å². The maximum absolute atomic E-state index is 9.09. The van der Waals surface area contributed by atoms with Gasteiger partial charge in [0.25, 0.3) is 0 Å². The van der Waals surface area contributed by atoms with Crippen LogP contribution < -0.4 is 5.32 Å². The molecule has 0 heterocycles. The first kappa shape index (κ1) is 14.7. The number of hydrogen-bond donors (Lipinski definition) is 3. The monoisotopic (exact) mass is 271 g/mol. The molecule has 0 spiro atoms. The van der Waals surface area contributed by atoms with Crippen molar-refractivity contribution in [3.05, 3.63) is 60.2 Å². The molecule has 0 unspecified atom stereocenters. The van der Waals surface area contributed by atoms with Crippen molar-refractivity contribution in [3.63, 3.8) is 0 Å². The largest absolute Gasteiger partial charge is 0.395 e. The van der Waals surface area contributed by atoms with Crippen LogP contribution in [0.5, 0.6) is 0 Å². The van der Waals surface area contributed by atoms with Crippen molar-refractivity contribution in [2.24, 2.45) is 0 Å². The molecule has 0 aliphatic carbocycles. The summed E-state index contributed by atoms with van der Waals surface area (Å²) >= 11 is 0. The Balaban J connectivity index is 2.08. The van der Waals surface area contributed by atoms with Crippen molar-refractivity contribution in [1.82, 2.24) is 5.32 Å². The number of rotatable bonds is 6. The molecule has 0 aliphatic rings. The van der Waals surface area contributed by atoms with E-state index in [1.54, 1.807) is 0 Å². The molecule has 3 N–H and O–H groups in total. The van der Waals surface area contributed by atoms with Crippen LogP contribution in [0.15, 0.2) is 54.6 Å². The fraction of sp³-hybridized carbons (Fsp3) is 0.294. The molecule has 106 valence electrons.